The van der Waals surface area contributed by atoms with E-state index in [4.69, 9.17) is 10.3 Å². The number of amides is 1. The Hall–Kier alpha value is -3.56. The molecule has 1 amide bonds. The van der Waals surface area contributed by atoms with Gasteiger partial charge in [0, 0.05) is 30.0 Å². The maximum Gasteiger partial charge on any atom is 0.416 e. The number of nitrogens with two attached hydrogens (primary N) is 1. The van der Waals surface area contributed by atoms with E-state index in [0.29, 0.717) is 16.8 Å². The molecule has 10 heteroatoms. The molecule has 3 N–H and O–H groups in total. The van der Waals surface area contributed by atoms with Gasteiger partial charge >= 0.3 is 6.18 Å². The van der Waals surface area contributed by atoms with Crippen LogP contribution in [0.4, 0.5) is 24.5 Å². The van der Waals surface area contributed by atoms with Crippen LogP contribution in [0.1, 0.15) is 41.1 Å². The summed E-state index contributed by atoms with van der Waals surface area (Å²) in [4.78, 5) is 18.4. The normalized spacial score (nSPS) is 14.4. The molecular formula is C22H22F3N5O2. The largest absolute Gasteiger partial charge is 0.416 e. The molecule has 1 aliphatic rings. The van der Waals surface area contributed by atoms with Crippen LogP contribution >= 0.6 is 0 Å². The van der Waals surface area contributed by atoms with E-state index in [2.05, 4.69) is 20.4 Å². The van der Waals surface area contributed by atoms with E-state index in [9.17, 15) is 18.0 Å². The van der Waals surface area contributed by atoms with Gasteiger partial charge in [-0.1, -0.05) is 17.3 Å². The zero-order chi connectivity index (χ0) is 22.7. The van der Waals surface area contributed by atoms with Crippen LogP contribution in [0.2, 0.25) is 0 Å². The first-order valence-electron chi connectivity index (χ1n) is 10.2. The molecule has 4 rings (SSSR count). The van der Waals surface area contributed by atoms with Crippen molar-refractivity contribution in [1.82, 2.24) is 10.1 Å². The molecular weight excluding hydrogens is 423 g/mol. The molecule has 1 aliphatic heterocycles. The molecule has 32 heavy (non-hydrogen) atoms. The van der Waals surface area contributed by atoms with Crippen molar-refractivity contribution in [3.63, 3.8) is 0 Å². The van der Waals surface area contributed by atoms with Gasteiger partial charge in [0.05, 0.1) is 17.7 Å². The van der Waals surface area contributed by atoms with Crippen molar-refractivity contribution < 1.29 is 22.5 Å². The summed E-state index contributed by atoms with van der Waals surface area (Å²) in [5, 5.41) is 6.89. The Morgan fingerprint density at radius 3 is 2.47 bits per heavy atom. The number of carbonyl (C=O) groups excluding carboxylic acids is 1. The van der Waals surface area contributed by atoms with Gasteiger partial charge < -0.3 is 20.5 Å². The van der Waals surface area contributed by atoms with Crippen molar-refractivity contribution in [2.75, 3.05) is 23.3 Å². The first kappa shape index (κ1) is 21.7. The highest BCUT2D eigenvalue weighted by atomic mass is 19.4. The molecule has 7 nitrogen and oxygen atoms in total. The SMILES string of the molecule is NC(=O)c1cc(N2CCCCC2)ccc1NCc1nc(-c2ccc(C(F)(F)F)cc2)no1. The van der Waals surface area contributed by atoms with Crippen molar-refractivity contribution in [1.29, 1.82) is 0 Å². The van der Waals surface area contributed by atoms with Crippen LogP contribution in [-0.2, 0) is 12.7 Å². The summed E-state index contributed by atoms with van der Waals surface area (Å²) in [6, 6.07) is 10.0. The van der Waals surface area contributed by atoms with Gasteiger partial charge in [0.25, 0.3) is 5.91 Å². The fourth-order valence-corrected chi connectivity index (χ4v) is 3.66. The van der Waals surface area contributed by atoms with Crippen LogP contribution in [0.3, 0.4) is 0 Å². The average Bonchev–Trinajstić information content (AvgIpc) is 3.27. The highest BCUT2D eigenvalue weighted by molar-refractivity contribution is 5.99. The molecule has 1 fully saturated rings. The summed E-state index contributed by atoms with van der Waals surface area (Å²) < 4.78 is 43.3. The summed E-state index contributed by atoms with van der Waals surface area (Å²) in [6.07, 6.45) is -0.974. The number of carbonyl (C=O) groups is 1. The number of benzene rings is 2. The highest BCUT2D eigenvalue weighted by Gasteiger charge is 2.30. The number of hydrogen-bond acceptors (Lipinski definition) is 6. The molecule has 0 bridgehead atoms. The number of rotatable bonds is 6. The topological polar surface area (TPSA) is 97.3 Å². The quantitative estimate of drug-likeness (QED) is 0.582. The number of hydrogen-bond donors (Lipinski definition) is 2. The minimum atomic E-state index is -4.41. The molecule has 0 radical (unpaired) electrons. The lowest BCUT2D eigenvalue weighted by molar-refractivity contribution is -0.137. The summed E-state index contributed by atoms with van der Waals surface area (Å²) in [7, 11) is 0. The van der Waals surface area contributed by atoms with E-state index in [1.807, 2.05) is 6.07 Å². The molecule has 168 valence electrons. The second-order valence-corrected chi connectivity index (χ2v) is 7.58. The molecule has 0 saturated carbocycles. The molecule has 2 heterocycles. The van der Waals surface area contributed by atoms with Crippen LogP contribution in [-0.4, -0.2) is 29.1 Å². The number of anilines is 2. The third-order valence-electron chi connectivity index (χ3n) is 5.36. The average molecular weight is 445 g/mol. The first-order chi connectivity index (χ1) is 15.3. The smallest absolute Gasteiger partial charge is 0.375 e. The van der Waals surface area contributed by atoms with Crippen molar-refractivity contribution in [2.45, 2.75) is 32.0 Å². The van der Waals surface area contributed by atoms with E-state index in [1.54, 1.807) is 12.1 Å². The number of nitrogens with one attached hydrogen (secondary N) is 1. The second-order valence-electron chi connectivity index (χ2n) is 7.58. The number of halogens is 3. The van der Waals surface area contributed by atoms with Gasteiger partial charge in [-0.2, -0.15) is 18.2 Å². The lowest BCUT2D eigenvalue weighted by Gasteiger charge is -2.29. The Morgan fingerprint density at radius 2 is 1.81 bits per heavy atom. The van der Waals surface area contributed by atoms with Gasteiger partial charge in [-0.05, 0) is 49.6 Å². The van der Waals surface area contributed by atoms with Crippen molar-refractivity contribution >= 4 is 17.3 Å². The zero-order valence-corrected chi connectivity index (χ0v) is 17.2. The summed E-state index contributed by atoms with van der Waals surface area (Å²) in [5.74, 6) is -0.163. The zero-order valence-electron chi connectivity index (χ0n) is 17.2. The molecule has 0 atom stereocenters. The lowest BCUT2D eigenvalue weighted by atomic mass is 10.1. The number of nitrogens with zero attached hydrogens (tertiary/aromatic N) is 3. The monoisotopic (exact) mass is 445 g/mol. The van der Waals surface area contributed by atoms with Gasteiger partial charge in [-0.15, -0.1) is 0 Å². The molecule has 0 aliphatic carbocycles. The number of aromatic nitrogens is 2. The van der Waals surface area contributed by atoms with Crippen LogP contribution < -0.4 is 16.0 Å². The molecule has 0 spiro atoms. The molecule has 3 aromatic rings. The Kier molecular flexibility index (Phi) is 6.02. The minimum Gasteiger partial charge on any atom is -0.375 e. The molecule has 0 unspecified atom stereocenters. The van der Waals surface area contributed by atoms with Crippen molar-refractivity contribution in [3.8, 4) is 11.4 Å². The van der Waals surface area contributed by atoms with Gasteiger partial charge in [0.1, 0.15) is 0 Å². The standard InChI is InChI=1S/C22H22F3N5O2/c23-22(24,25)15-6-4-14(5-7-15)21-28-19(32-29-21)13-27-18-9-8-16(12-17(18)20(26)31)30-10-2-1-3-11-30/h4-9,12,27H,1-3,10-11,13H2,(H2,26,31). The van der Waals surface area contributed by atoms with Gasteiger partial charge in [-0.25, -0.2) is 0 Å². The number of primary amides is 1. The number of piperidine rings is 1. The van der Waals surface area contributed by atoms with Crippen molar-refractivity contribution in [2.24, 2.45) is 5.73 Å². The molecule has 1 saturated heterocycles. The third-order valence-corrected chi connectivity index (χ3v) is 5.36. The fourth-order valence-electron chi connectivity index (χ4n) is 3.66. The molecule has 1 aromatic heterocycles. The summed E-state index contributed by atoms with van der Waals surface area (Å²) >= 11 is 0. The van der Waals surface area contributed by atoms with Crippen LogP contribution in [0.15, 0.2) is 47.0 Å². The van der Waals surface area contributed by atoms with E-state index < -0.39 is 17.6 Å². The summed E-state index contributed by atoms with van der Waals surface area (Å²) in [6.45, 7) is 2.01. The summed E-state index contributed by atoms with van der Waals surface area (Å²) in [5.41, 5.74) is 7.07. The predicted octanol–water partition coefficient (Wildman–Crippen LogP) is 4.46. The van der Waals surface area contributed by atoms with Gasteiger partial charge in [0.15, 0.2) is 0 Å². The lowest BCUT2D eigenvalue weighted by Crippen LogP contribution is -2.29. The van der Waals surface area contributed by atoms with E-state index >= 15 is 0 Å². The first-order valence-corrected chi connectivity index (χ1v) is 10.2. The Labute approximate surface area is 182 Å². The van der Waals surface area contributed by atoms with Crippen LogP contribution in [0.25, 0.3) is 11.4 Å². The number of alkyl halides is 3. The second kappa shape index (κ2) is 8.89. The highest BCUT2D eigenvalue weighted by Crippen LogP contribution is 2.30. The Morgan fingerprint density at radius 1 is 1.09 bits per heavy atom. The van der Waals surface area contributed by atoms with Gasteiger partial charge in [0.2, 0.25) is 11.7 Å². The van der Waals surface area contributed by atoms with Crippen LogP contribution in [0, 0.1) is 0 Å². The van der Waals surface area contributed by atoms with Crippen LogP contribution in [0.5, 0.6) is 0 Å². The predicted molar refractivity (Wildman–Crippen MR) is 113 cm³/mol. The maximum absolute atomic E-state index is 12.7. The van der Waals surface area contributed by atoms with E-state index in [-0.39, 0.29) is 18.3 Å². The van der Waals surface area contributed by atoms with Gasteiger partial charge in [-0.3, -0.25) is 4.79 Å². The van der Waals surface area contributed by atoms with E-state index in [0.717, 1.165) is 43.8 Å². The molecule has 2 aromatic carbocycles. The van der Waals surface area contributed by atoms with Crippen molar-refractivity contribution in [3.05, 3.63) is 59.5 Å². The Bertz CT molecular complexity index is 1090. The third kappa shape index (κ3) is 4.84. The fraction of sp³-hybridized carbons (Fsp3) is 0.318. The Balaban J connectivity index is 1.46. The maximum atomic E-state index is 12.7. The minimum absolute atomic E-state index is 0.122. The van der Waals surface area contributed by atoms with E-state index in [1.165, 1.54) is 18.6 Å².